The first-order valence-electron chi connectivity index (χ1n) is 13.2. The van der Waals surface area contributed by atoms with Gasteiger partial charge in [0.15, 0.2) is 5.78 Å². The summed E-state index contributed by atoms with van der Waals surface area (Å²) >= 11 is 9.35. The number of aromatic nitrogens is 1. The highest BCUT2D eigenvalue weighted by Gasteiger charge is 2.25. The zero-order valence-electron chi connectivity index (χ0n) is 22.9. The van der Waals surface area contributed by atoms with Gasteiger partial charge >= 0.3 is 0 Å². The lowest BCUT2D eigenvalue weighted by Crippen LogP contribution is -2.19. The normalized spacial score (nSPS) is 11.4. The summed E-state index contributed by atoms with van der Waals surface area (Å²) in [7, 11) is 1.87. The number of carbonyl (C=O) groups excluding carboxylic acids is 3. The van der Waals surface area contributed by atoms with Gasteiger partial charge in [-0.2, -0.15) is 0 Å². The van der Waals surface area contributed by atoms with Crippen molar-refractivity contribution in [2.24, 2.45) is 0 Å². The zero-order chi connectivity index (χ0) is 30.5. The molecule has 5 aromatic rings. The lowest BCUT2D eigenvalue weighted by atomic mass is 9.95. The molecule has 0 radical (unpaired) electrons. The van der Waals surface area contributed by atoms with Gasteiger partial charge in [0.1, 0.15) is 11.8 Å². The Morgan fingerprint density at radius 2 is 1.56 bits per heavy atom. The number of nitrogens with one attached hydrogen (secondary N) is 1. The summed E-state index contributed by atoms with van der Waals surface area (Å²) in [5, 5.41) is 14.3. The van der Waals surface area contributed by atoms with Crippen LogP contribution in [0.5, 0.6) is 0 Å². The topological polar surface area (TPSA) is 99.6 Å². The number of aliphatic hydroxyl groups excluding tert-OH is 1. The van der Waals surface area contributed by atoms with Crippen molar-refractivity contribution >= 4 is 62.1 Å². The van der Waals surface area contributed by atoms with Gasteiger partial charge in [-0.05, 0) is 78.4 Å². The van der Waals surface area contributed by atoms with Crippen LogP contribution >= 0.6 is 27.5 Å². The molecule has 0 saturated carbocycles. The zero-order valence-corrected chi connectivity index (χ0v) is 25.2. The molecule has 1 unspecified atom stereocenters. The Bertz CT molecular complexity index is 1800. The summed E-state index contributed by atoms with van der Waals surface area (Å²) < 4.78 is 0.717. The number of Topliss-reactive ketones (excluding diaryl/α,β-unsaturated/α-hetero) is 1. The lowest BCUT2D eigenvalue weighted by Gasteiger charge is -2.19. The van der Waals surface area contributed by atoms with Gasteiger partial charge in [0, 0.05) is 38.9 Å². The molecular weight excluding hydrogens is 630 g/mol. The third-order valence-electron chi connectivity index (χ3n) is 6.83. The van der Waals surface area contributed by atoms with Gasteiger partial charge in [0.25, 0.3) is 5.91 Å². The number of pyridine rings is 1. The number of halogens is 2. The van der Waals surface area contributed by atoms with E-state index < -0.39 is 23.6 Å². The van der Waals surface area contributed by atoms with Crippen LogP contribution in [0.4, 0.5) is 17.1 Å². The fourth-order valence-corrected chi connectivity index (χ4v) is 4.96. The van der Waals surface area contributed by atoms with E-state index in [-0.39, 0.29) is 22.5 Å². The molecule has 0 aliphatic carbocycles. The summed E-state index contributed by atoms with van der Waals surface area (Å²) in [5.74, 6) is -1.54. The molecule has 1 atom stereocenters. The minimum absolute atomic E-state index is 0.00959. The molecule has 43 heavy (non-hydrogen) atoms. The molecule has 1 heterocycles. The molecule has 0 spiro atoms. The number of hydrogen-bond donors (Lipinski definition) is 2. The maximum absolute atomic E-state index is 13.6. The molecule has 0 aliphatic rings. The number of benzene rings is 4. The van der Waals surface area contributed by atoms with Crippen LogP contribution in [0.25, 0.3) is 0 Å². The first-order chi connectivity index (χ1) is 20.7. The standard InChI is InChI=1S/C34H25BrClN3O4/c1-39(26-13-11-25(36)12-14-26)27-15-17-30(37-20-27)31(40)22-10-16-29(38-34(43)23-8-5-9-24(35)18-23)28(19-22)33(42)32(41)21-6-3-2-4-7-21/h2-20,32,41H,1H3,(H,38,43). The van der Waals surface area contributed by atoms with Crippen molar-refractivity contribution in [3.63, 3.8) is 0 Å². The Labute approximate surface area is 261 Å². The third-order valence-corrected chi connectivity index (χ3v) is 7.57. The number of nitrogens with zero attached hydrogens (tertiary/aromatic N) is 2. The van der Waals surface area contributed by atoms with E-state index in [1.54, 1.807) is 85.1 Å². The molecule has 4 aromatic carbocycles. The Kier molecular flexibility index (Phi) is 9.11. The minimum Gasteiger partial charge on any atom is -0.380 e. The Morgan fingerprint density at radius 3 is 2.23 bits per heavy atom. The van der Waals surface area contributed by atoms with E-state index in [0.717, 1.165) is 15.8 Å². The van der Waals surface area contributed by atoms with Gasteiger partial charge < -0.3 is 15.3 Å². The van der Waals surface area contributed by atoms with E-state index in [4.69, 9.17) is 11.6 Å². The van der Waals surface area contributed by atoms with Crippen LogP contribution in [0.15, 0.2) is 120 Å². The molecule has 2 N–H and O–H groups in total. The third kappa shape index (κ3) is 6.89. The molecule has 214 valence electrons. The van der Waals surface area contributed by atoms with Crippen molar-refractivity contribution in [1.82, 2.24) is 4.98 Å². The summed E-state index contributed by atoms with van der Waals surface area (Å²) in [5.41, 5.74) is 2.90. The summed E-state index contributed by atoms with van der Waals surface area (Å²) in [4.78, 5) is 46.4. The molecule has 1 amide bonds. The predicted octanol–water partition coefficient (Wildman–Crippen LogP) is 7.67. The van der Waals surface area contributed by atoms with Crippen LogP contribution in [0.2, 0.25) is 5.02 Å². The Hall–Kier alpha value is -4.63. The van der Waals surface area contributed by atoms with Crippen LogP contribution < -0.4 is 10.2 Å². The lowest BCUT2D eigenvalue weighted by molar-refractivity contribution is 0.0748. The molecular formula is C34H25BrClN3O4. The van der Waals surface area contributed by atoms with Crippen LogP contribution in [0.3, 0.4) is 0 Å². The van der Waals surface area contributed by atoms with Crippen LogP contribution in [0, 0.1) is 0 Å². The molecule has 7 nitrogen and oxygen atoms in total. The van der Waals surface area contributed by atoms with Crippen LogP contribution in [0.1, 0.15) is 48.4 Å². The number of carbonyl (C=O) groups is 3. The van der Waals surface area contributed by atoms with Crippen LogP contribution in [-0.4, -0.2) is 34.6 Å². The largest absolute Gasteiger partial charge is 0.380 e. The summed E-state index contributed by atoms with van der Waals surface area (Å²) in [6, 6.07) is 30.3. The van der Waals surface area contributed by atoms with E-state index in [2.05, 4.69) is 26.2 Å². The van der Waals surface area contributed by atoms with Gasteiger partial charge in [0.05, 0.1) is 17.6 Å². The Morgan fingerprint density at radius 1 is 0.837 bits per heavy atom. The predicted molar refractivity (Wildman–Crippen MR) is 171 cm³/mol. The van der Waals surface area contributed by atoms with Crippen molar-refractivity contribution in [3.8, 4) is 0 Å². The van der Waals surface area contributed by atoms with E-state index in [9.17, 15) is 19.5 Å². The maximum atomic E-state index is 13.6. The summed E-state index contributed by atoms with van der Waals surface area (Å²) in [6.45, 7) is 0. The van der Waals surface area contributed by atoms with E-state index in [0.29, 0.717) is 16.1 Å². The average Bonchev–Trinajstić information content (AvgIpc) is 3.04. The first kappa shape index (κ1) is 29.8. The van der Waals surface area contributed by atoms with E-state index in [1.165, 1.54) is 18.2 Å². The first-order valence-corrected chi connectivity index (χ1v) is 14.4. The van der Waals surface area contributed by atoms with E-state index in [1.807, 2.05) is 24.1 Å². The quantitative estimate of drug-likeness (QED) is 0.158. The molecule has 0 saturated heterocycles. The fourth-order valence-electron chi connectivity index (χ4n) is 4.44. The van der Waals surface area contributed by atoms with Crippen molar-refractivity contribution in [2.75, 3.05) is 17.3 Å². The fraction of sp³-hybridized carbons (Fsp3) is 0.0588. The van der Waals surface area contributed by atoms with Crippen molar-refractivity contribution < 1.29 is 19.5 Å². The van der Waals surface area contributed by atoms with Gasteiger partial charge in [-0.3, -0.25) is 19.4 Å². The second kappa shape index (κ2) is 13.1. The second-order valence-electron chi connectivity index (χ2n) is 9.67. The highest BCUT2D eigenvalue weighted by molar-refractivity contribution is 9.10. The number of hydrogen-bond acceptors (Lipinski definition) is 6. The number of amides is 1. The molecule has 5 rings (SSSR count). The molecule has 1 aromatic heterocycles. The van der Waals surface area contributed by atoms with Gasteiger partial charge in [-0.15, -0.1) is 0 Å². The van der Waals surface area contributed by atoms with Gasteiger partial charge in [-0.1, -0.05) is 63.9 Å². The minimum atomic E-state index is -1.51. The number of ketones is 2. The maximum Gasteiger partial charge on any atom is 0.255 e. The molecule has 0 aliphatic heterocycles. The number of anilines is 3. The monoisotopic (exact) mass is 653 g/mol. The van der Waals surface area contributed by atoms with Crippen molar-refractivity contribution in [3.05, 3.63) is 153 Å². The Balaban J connectivity index is 1.45. The van der Waals surface area contributed by atoms with Gasteiger partial charge in [-0.25, -0.2) is 0 Å². The molecule has 0 bridgehead atoms. The molecule has 0 fully saturated rings. The molecule has 9 heteroatoms. The second-order valence-corrected chi connectivity index (χ2v) is 11.0. The van der Waals surface area contributed by atoms with Crippen molar-refractivity contribution in [1.29, 1.82) is 0 Å². The summed E-state index contributed by atoms with van der Waals surface area (Å²) in [6.07, 6.45) is 0.0773. The highest BCUT2D eigenvalue weighted by Crippen LogP contribution is 2.28. The number of rotatable bonds is 9. The van der Waals surface area contributed by atoms with Crippen LogP contribution in [-0.2, 0) is 0 Å². The smallest absolute Gasteiger partial charge is 0.255 e. The van der Waals surface area contributed by atoms with Gasteiger partial charge in [0.2, 0.25) is 5.78 Å². The average molecular weight is 655 g/mol. The van der Waals surface area contributed by atoms with E-state index >= 15 is 0 Å². The SMILES string of the molecule is CN(c1ccc(Cl)cc1)c1ccc(C(=O)c2ccc(NC(=O)c3cccc(Br)c3)c(C(=O)C(O)c3ccccc3)c2)nc1. The van der Waals surface area contributed by atoms with Crippen molar-refractivity contribution in [2.45, 2.75) is 6.10 Å². The highest BCUT2D eigenvalue weighted by atomic mass is 79.9. The number of aliphatic hydroxyl groups is 1.